The summed E-state index contributed by atoms with van der Waals surface area (Å²) in [5, 5.41) is 0. The Morgan fingerprint density at radius 2 is 1.95 bits per heavy atom. The van der Waals surface area contributed by atoms with Gasteiger partial charge in [-0.15, -0.1) is 0 Å². The van der Waals surface area contributed by atoms with Crippen LogP contribution in [0.1, 0.15) is 16.7 Å². The number of ether oxygens (including phenoxy) is 1. The standard InChI is InChI=1S/C17H20N2O/c1-20-16-7-6-15(17(18)10-16)12-19-9-8-13-4-2-3-5-14(13)11-19/h2-7,10H,8-9,11-12,18H2,1H3. The fourth-order valence-corrected chi connectivity index (χ4v) is 2.77. The highest BCUT2D eigenvalue weighted by Gasteiger charge is 2.16. The molecule has 2 aromatic rings. The van der Waals surface area contributed by atoms with Gasteiger partial charge in [-0.2, -0.15) is 0 Å². The van der Waals surface area contributed by atoms with Crippen LogP contribution in [0.5, 0.6) is 5.75 Å². The molecule has 0 aromatic heterocycles. The Bertz CT molecular complexity index is 610. The molecule has 1 aliphatic heterocycles. The molecule has 3 heteroatoms. The molecule has 0 spiro atoms. The SMILES string of the molecule is COc1ccc(CN2CCc3ccccc3C2)c(N)c1. The Balaban J connectivity index is 1.73. The minimum Gasteiger partial charge on any atom is -0.497 e. The maximum Gasteiger partial charge on any atom is 0.120 e. The van der Waals surface area contributed by atoms with Gasteiger partial charge in [-0.25, -0.2) is 0 Å². The van der Waals surface area contributed by atoms with Gasteiger partial charge in [-0.3, -0.25) is 4.90 Å². The van der Waals surface area contributed by atoms with E-state index in [1.165, 1.54) is 16.7 Å². The van der Waals surface area contributed by atoms with E-state index in [4.69, 9.17) is 10.5 Å². The average molecular weight is 268 g/mol. The lowest BCUT2D eigenvalue weighted by atomic mass is 9.99. The highest BCUT2D eigenvalue weighted by Crippen LogP contribution is 2.24. The number of benzene rings is 2. The van der Waals surface area contributed by atoms with Crippen LogP contribution in [0.25, 0.3) is 0 Å². The van der Waals surface area contributed by atoms with Crippen molar-refractivity contribution in [2.75, 3.05) is 19.4 Å². The highest BCUT2D eigenvalue weighted by atomic mass is 16.5. The van der Waals surface area contributed by atoms with E-state index in [-0.39, 0.29) is 0 Å². The lowest BCUT2D eigenvalue weighted by molar-refractivity contribution is 0.246. The van der Waals surface area contributed by atoms with Gasteiger partial charge >= 0.3 is 0 Å². The van der Waals surface area contributed by atoms with Crippen molar-refractivity contribution < 1.29 is 4.74 Å². The van der Waals surface area contributed by atoms with Gasteiger partial charge < -0.3 is 10.5 Å². The number of methoxy groups -OCH3 is 1. The molecule has 0 bridgehead atoms. The summed E-state index contributed by atoms with van der Waals surface area (Å²) in [6, 6.07) is 14.6. The van der Waals surface area contributed by atoms with Crippen LogP contribution in [0, 0.1) is 0 Å². The average Bonchev–Trinajstić information content (AvgIpc) is 2.49. The molecular formula is C17H20N2O. The monoisotopic (exact) mass is 268 g/mol. The number of hydrogen-bond donors (Lipinski definition) is 1. The van der Waals surface area contributed by atoms with E-state index in [2.05, 4.69) is 35.2 Å². The fourth-order valence-electron chi connectivity index (χ4n) is 2.77. The van der Waals surface area contributed by atoms with Gasteiger partial charge in [0.15, 0.2) is 0 Å². The van der Waals surface area contributed by atoms with Gasteiger partial charge in [0, 0.05) is 31.4 Å². The second-order valence-corrected chi connectivity index (χ2v) is 5.29. The number of nitrogens with zero attached hydrogens (tertiary/aromatic N) is 1. The molecule has 0 saturated heterocycles. The topological polar surface area (TPSA) is 38.5 Å². The number of rotatable bonds is 3. The molecule has 0 amide bonds. The van der Waals surface area contributed by atoms with Gasteiger partial charge in [0.05, 0.1) is 7.11 Å². The molecule has 0 saturated carbocycles. The first kappa shape index (κ1) is 13.0. The normalized spacial score (nSPS) is 14.8. The van der Waals surface area contributed by atoms with Gasteiger partial charge in [-0.1, -0.05) is 30.3 Å². The molecule has 1 aliphatic rings. The number of fused-ring (bicyclic) bond motifs is 1. The maximum atomic E-state index is 6.10. The zero-order valence-electron chi connectivity index (χ0n) is 11.8. The first-order chi connectivity index (χ1) is 9.76. The van der Waals surface area contributed by atoms with Crippen LogP contribution < -0.4 is 10.5 Å². The predicted molar refractivity (Wildman–Crippen MR) is 81.7 cm³/mol. The minimum atomic E-state index is 0.809. The Labute approximate surface area is 120 Å². The number of anilines is 1. The van der Waals surface area contributed by atoms with Crippen molar-refractivity contribution in [2.45, 2.75) is 19.5 Å². The van der Waals surface area contributed by atoms with E-state index in [9.17, 15) is 0 Å². The van der Waals surface area contributed by atoms with E-state index in [1.54, 1.807) is 7.11 Å². The summed E-state index contributed by atoms with van der Waals surface area (Å²) in [5.41, 5.74) is 11.0. The third kappa shape index (κ3) is 2.63. The molecule has 0 radical (unpaired) electrons. The van der Waals surface area contributed by atoms with E-state index < -0.39 is 0 Å². The smallest absolute Gasteiger partial charge is 0.120 e. The summed E-state index contributed by atoms with van der Waals surface area (Å²) in [6.07, 6.45) is 1.12. The summed E-state index contributed by atoms with van der Waals surface area (Å²) in [5.74, 6) is 0.815. The maximum absolute atomic E-state index is 6.10. The first-order valence-electron chi connectivity index (χ1n) is 6.98. The van der Waals surface area contributed by atoms with Crippen molar-refractivity contribution in [3.8, 4) is 5.75 Å². The summed E-state index contributed by atoms with van der Waals surface area (Å²) in [4.78, 5) is 2.44. The van der Waals surface area contributed by atoms with Crippen molar-refractivity contribution in [1.29, 1.82) is 0 Å². The molecule has 2 N–H and O–H groups in total. The van der Waals surface area contributed by atoms with Crippen molar-refractivity contribution in [3.05, 3.63) is 59.2 Å². The van der Waals surface area contributed by atoms with Crippen LogP contribution in [0.3, 0.4) is 0 Å². The number of nitrogen functional groups attached to an aromatic ring is 1. The zero-order chi connectivity index (χ0) is 13.9. The fraction of sp³-hybridized carbons (Fsp3) is 0.294. The van der Waals surface area contributed by atoms with Gasteiger partial charge in [-0.05, 0) is 29.2 Å². The van der Waals surface area contributed by atoms with Crippen LogP contribution in [0.15, 0.2) is 42.5 Å². The van der Waals surface area contributed by atoms with Gasteiger partial charge in [0.1, 0.15) is 5.75 Å². The van der Waals surface area contributed by atoms with E-state index in [0.29, 0.717) is 0 Å². The van der Waals surface area contributed by atoms with E-state index >= 15 is 0 Å². The van der Waals surface area contributed by atoms with E-state index in [1.807, 2.05) is 12.1 Å². The summed E-state index contributed by atoms with van der Waals surface area (Å²) in [7, 11) is 1.66. The molecule has 20 heavy (non-hydrogen) atoms. The number of nitrogens with two attached hydrogens (primary N) is 1. The summed E-state index contributed by atoms with van der Waals surface area (Å²) >= 11 is 0. The summed E-state index contributed by atoms with van der Waals surface area (Å²) < 4.78 is 5.19. The highest BCUT2D eigenvalue weighted by molar-refractivity contribution is 5.51. The Morgan fingerprint density at radius 1 is 1.15 bits per heavy atom. The molecule has 3 nitrogen and oxygen atoms in total. The molecule has 0 fully saturated rings. The predicted octanol–water partition coefficient (Wildman–Crippen LogP) is 2.84. The number of hydrogen-bond acceptors (Lipinski definition) is 3. The largest absolute Gasteiger partial charge is 0.497 e. The molecular weight excluding hydrogens is 248 g/mol. The Hall–Kier alpha value is -2.00. The third-order valence-electron chi connectivity index (χ3n) is 3.96. The Kier molecular flexibility index (Phi) is 3.61. The van der Waals surface area contributed by atoms with Crippen LogP contribution in [0.4, 0.5) is 5.69 Å². The van der Waals surface area contributed by atoms with Crippen LogP contribution in [-0.4, -0.2) is 18.6 Å². The van der Waals surface area contributed by atoms with Crippen molar-refractivity contribution in [3.63, 3.8) is 0 Å². The lowest BCUT2D eigenvalue weighted by Gasteiger charge is -2.29. The second kappa shape index (κ2) is 5.55. The van der Waals surface area contributed by atoms with Gasteiger partial charge in [0.2, 0.25) is 0 Å². The molecule has 2 aromatic carbocycles. The van der Waals surface area contributed by atoms with Crippen LogP contribution in [-0.2, 0) is 19.5 Å². The minimum absolute atomic E-state index is 0.809. The van der Waals surface area contributed by atoms with Crippen molar-refractivity contribution in [2.24, 2.45) is 0 Å². The zero-order valence-corrected chi connectivity index (χ0v) is 11.8. The summed E-state index contributed by atoms with van der Waals surface area (Å²) in [6.45, 7) is 2.98. The quantitative estimate of drug-likeness (QED) is 0.870. The van der Waals surface area contributed by atoms with Crippen molar-refractivity contribution in [1.82, 2.24) is 4.90 Å². The molecule has 0 aliphatic carbocycles. The third-order valence-corrected chi connectivity index (χ3v) is 3.96. The van der Waals surface area contributed by atoms with Gasteiger partial charge in [0.25, 0.3) is 0 Å². The Morgan fingerprint density at radius 3 is 2.70 bits per heavy atom. The molecule has 0 unspecified atom stereocenters. The molecule has 1 heterocycles. The molecule has 0 atom stereocenters. The molecule has 104 valence electrons. The first-order valence-corrected chi connectivity index (χ1v) is 6.98. The van der Waals surface area contributed by atoms with Crippen LogP contribution >= 0.6 is 0 Å². The molecule has 3 rings (SSSR count). The lowest BCUT2D eigenvalue weighted by Crippen LogP contribution is -2.30. The van der Waals surface area contributed by atoms with Crippen molar-refractivity contribution >= 4 is 5.69 Å². The van der Waals surface area contributed by atoms with Crippen LogP contribution in [0.2, 0.25) is 0 Å². The van der Waals surface area contributed by atoms with E-state index in [0.717, 1.165) is 37.5 Å². The second-order valence-electron chi connectivity index (χ2n) is 5.29.